The predicted molar refractivity (Wildman–Crippen MR) is 116 cm³/mol. The minimum atomic E-state index is -0.0915. The van der Waals surface area contributed by atoms with Crippen molar-refractivity contribution in [3.63, 3.8) is 0 Å². The maximum Gasteiger partial charge on any atom is 0.264 e. The van der Waals surface area contributed by atoms with Crippen molar-refractivity contribution in [2.24, 2.45) is 0 Å². The maximum atomic E-state index is 13.1. The molecule has 2 aromatic rings. The lowest BCUT2D eigenvalue weighted by Crippen LogP contribution is -2.32. The summed E-state index contributed by atoms with van der Waals surface area (Å²) in [5.74, 6) is -0.116. The lowest BCUT2D eigenvalue weighted by Gasteiger charge is -2.23. The highest BCUT2D eigenvalue weighted by atomic mass is 35.5. The molecule has 0 saturated heterocycles. The van der Waals surface area contributed by atoms with E-state index in [1.807, 2.05) is 37.2 Å². The average molecular weight is 442 g/mol. The van der Waals surface area contributed by atoms with Gasteiger partial charge in [-0.1, -0.05) is 29.3 Å². The van der Waals surface area contributed by atoms with Gasteiger partial charge in [-0.25, -0.2) is 0 Å². The fraction of sp³-hybridized carbons (Fsp3) is 0.400. The lowest BCUT2D eigenvalue weighted by atomic mass is 10.2. The van der Waals surface area contributed by atoms with Crippen molar-refractivity contribution in [3.05, 3.63) is 55.7 Å². The minimum Gasteiger partial charge on any atom is -0.351 e. The molecule has 152 valence electrons. The van der Waals surface area contributed by atoms with Gasteiger partial charge in [-0.05, 0) is 56.9 Å². The summed E-state index contributed by atoms with van der Waals surface area (Å²) in [7, 11) is 4.03. The Morgan fingerprint density at radius 2 is 1.82 bits per heavy atom. The first-order valence-corrected chi connectivity index (χ1v) is 10.5. The van der Waals surface area contributed by atoms with Crippen molar-refractivity contribution in [2.75, 3.05) is 27.2 Å². The van der Waals surface area contributed by atoms with Gasteiger partial charge >= 0.3 is 0 Å². The van der Waals surface area contributed by atoms with Crippen LogP contribution in [0.3, 0.4) is 0 Å². The average Bonchev–Trinajstić information content (AvgIpc) is 3.10. The van der Waals surface area contributed by atoms with Gasteiger partial charge in [0.25, 0.3) is 5.91 Å². The van der Waals surface area contributed by atoms with Gasteiger partial charge in [-0.3, -0.25) is 9.59 Å². The second-order valence-corrected chi connectivity index (χ2v) is 8.79. The number of hydrogen-bond acceptors (Lipinski definition) is 4. The van der Waals surface area contributed by atoms with Crippen molar-refractivity contribution in [2.45, 2.75) is 26.4 Å². The van der Waals surface area contributed by atoms with Gasteiger partial charge in [-0.2, -0.15) is 0 Å². The molecule has 1 heterocycles. The van der Waals surface area contributed by atoms with Crippen molar-refractivity contribution >= 4 is 46.4 Å². The Bertz CT molecular complexity index is 824. The second-order valence-electron chi connectivity index (χ2n) is 6.81. The number of nitrogens with one attached hydrogen (secondary N) is 1. The minimum absolute atomic E-state index is 0.0242. The highest BCUT2D eigenvalue weighted by Crippen LogP contribution is 2.24. The summed E-state index contributed by atoms with van der Waals surface area (Å²) in [4.78, 5) is 29.7. The van der Waals surface area contributed by atoms with Crippen LogP contribution in [-0.4, -0.2) is 48.8 Å². The molecule has 28 heavy (non-hydrogen) atoms. The molecule has 1 aromatic heterocycles. The van der Waals surface area contributed by atoms with Gasteiger partial charge in [0.05, 0.1) is 21.5 Å². The predicted octanol–water partition coefficient (Wildman–Crippen LogP) is 4.29. The van der Waals surface area contributed by atoms with Crippen LogP contribution in [0.2, 0.25) is 10.0 Å². The maximum absolute atomic E-state index is 13.1. The molecule has 0 bridgehead atoms. The first-order chi connectivity index (χ1) is 13.3. The van der Waals surface area contributed by atoms with Gasteiger partial charge in [0.15, 0.2) is 0 Å². The normalized spacial score (nSPS) is 10.9. The summed E-state index contributed by atoms with van der Waals surface area (Å²) in [5, 5.41) is 3.73. The van der Waals surface area contributed by atoms with Crippen molar-refractivity contribution in [1.82, 2.24) is 15.1 Å². The number of halogens is 2. The van der Waals surface area contributed by atoms with Crippen LogP contribution in [0, 0.1) is 0 Å². The van der Waals surface area contributed by atoms with Crippen LogP contribution in [0.15, 0.2) is 30.3 Å². The Morgan fingerprint density at radius 3 is 2.46 bits per heavy atom. The Kier molecular flexibility index (Phi) is 8.76. The quantitative estimate of drug-likeness (QED) is 0.631. The van der Waals surface area contributed by atoms with E-state index in [-0.39, 0.29) is 11.8 Å². The summed E-state index contributed by atoms with van der Waals surface area (Å²) >= 11 is 13.5. The highest BCUT2D eigenvalue weighted by molar-refractivity contribution is 7.14. The second kappa shape index (κ2) is 10.8. The molecule has 0 atom stereocenters. The molecule has 0 saturated carbocycles. The van der Waals surface area contributed by atoms with Crippen LogP contribution in [-0.2, 0) is 17.9 Å². The van der Waals surface area contributed by atoms with Gasteiger partial charge in [0, 0.05) is 24.9 Å². The fourth-order valence-electron chi connectivity index (χ4n) is 2.64. The van der Waals surface area contributed by atoms with Gasteiger partial charge in [0.1, 0.15) is 0 Å². The Morgan fingerprint density at radius 1 is 1.07 bits per heavy atom. The molecule has 0 aliphatic heterocycles. The lowest BCUT2D eigenvalue weighted by molar-refractivity contribution is -0.119. The first-order valence-electron chi connectivity index (χ1n) is 8.97. The molecule has 0 radical (unpaired) electrons. The van der Waals surface area contributed by atoms with Gasteiger partial charge in [-0.15, -0.1) is 11.3 Å². The molecule has 1 N–H and O–H groups in total. The van der Waals surface area contributed by atoms with E-state index >= 15 is 0 Å². The molecule has 1 aromatic carbocycles. The monoisotopic (exact) mass is 441 g/mol. The number of amides is 2. The number of thiophene rings is 1. The molecule has 2 rings (SSSR count). The van der Waals surface area contributed by atoms with E-state index in [4.69, 9.17) is 23.2 Å². The molecule has 0 aliphatic rings. The number of benzene rings is 1. The van der Waals surface area contributed by atoms with Crippen molar-refractivity contribution in [3.8, 4) is 0 Å². The van der Waals surface area contributed by atoms with E-state index in [9.17, 15) is 9.59 Å². The number of hydrogen-bond donors (Lipinski definition) is 1. The summed E-state index contributed by atoms with van der Waals surface area (Å²) in [6, 6.07) is 9.13. The van der Waals surface area contributed by atoms with Crippen molar-refractivity contribution < 1.29 is 9.59 Å². The Hall–Kier alpha value is -1.60. The number of carbonyl (C=O) groups is 2. The van der Waals surface area contributed by atoms with E-state index in [1.54, 1.807) is 12.1 Å². The number of nitrogens with zero attached hydrogens (tertiary/aromatic N) is 2. The zero-order valence-electron chi connectivity index (χ0n) is 16.3. The molecular formula is C20H25Cl2N3O2S. The van der Waals surface area contributed by atoms with Crippen LogP contribution >= 0.6 is 34.5 Å². The van der Waals surface area contributed by atoms with E-state index in [0.29, 0.717) is 34.6 Å². The molecule has 0 spiro atoms. The summed E-state index contributed by atoms with van der Waals surface area (Å²) in [6.45, 7) is 3.89. The molecule has 5 nitrogen and oxygen atoms in total. The standard InChI is InChI=1S/C20H25Cl2N3O2S/c1-14(26)23-12-16-6-8-19(28-16)20(27)25(10-4-9-24(2)3)13-15-5-7-17(21)18(22)11-15/h5-8,11H,4,9-10,12-13H2,1-3H3,(H,23,26). The van der Waals surface area contributed by atoms with E-state index in [0.717, 1.165) is 23.4 Å². The Balaban J connectivity index is 2.13. The van der Waals surface area contributed by atoms with E-state index in [2.05, 4.69) is 10.2 Å². The number of rotatable bonds is 9. The van der Waals surface area contributed by atoms with Gasteiger partial charge < -0.3 is 15.1 Å². The van der Waals surface area contributed by atoms with Gasteiger partial charge in [0.2, 0.25) is 5.91 Å². The summed E-state index contributed by atoms with van der Waals surface area (Å²) < 4.78 is 0. The largest absolute Gasteiger partial charge is 0.351 e. The van der Waals surface area contributed by atoms with Crippen LogP contribution in [0.5, 0.6) is 0 Å². The Labute approximate surface area is 180 Å². The smallest absolute Gasteiger partial charge is 0.264 e. The van der Waals surface area contributed by atoms with Crippen molar-refractivity contribution in [1.29, 1.82) is 0 Å². The fourth-order valence-corrected chi connectivity index (χ4v) is 3.88. The zero-order valence-corrected chi connectivity index (χ0v) is 18.6. The SMILES string of the molecule is CC(=O)NCc1ccc(C(=O)N(CCCN(C)C)Cc2ccc(Cl)c(Cl)c2)s1. The summed E-state index contributed by atoms with van der Waals surface area (Å²) in [6.07, 6.45) is 0.865. The van der Waals surface area contributed by atoms with E-state index < -0.39 is 0 Å². The molecule has 0 fully saturated rings. The zero-order chi connectivity index (χ0) is 20.7. The van der Waals surface area contributed by atoms with Crippen LogP contribution < -0.4 is 5.32 Å². The molecular weight excluding hydrogens is 417 g/mol. The van der Waals surface area contributed by atoms with Crippen LogP contribution in [0.1, 0.15) is 33.5 Å². The molecule has 8 heteroatoms. The molecule has 2 amide bonds. The topological polar surface area (TPSA) is 52.7 Å². The molecule has 0 aliphatic carbocycles. The van der Waals surface area contributed by atoms with Crippen LogP contribution in [0.25, 0.3) is 0 Å². The highest BCUT2D eigenvalue weighted by Gasteiger charge is 2.18. The molecule has 0 unspecified atom stereocenters. The van der Waals surface area contributed by atoms with Crippen LogP contribution in [0.4, 0.5) is 0 Å². The first kappa shape index (κ1) is 22.7. The third-order valence-corrected chi connectivity index (χ3v) is 5.87. The third-order valence-electron chi connectivity index (χ3n) is 4.06. The number of carbonyl (C=O) groups excluding carboxylic acids is 2. The third kappa shape index (κ3) is 7.09. The summed E-state index contributed by atoms with van der Waals surface area (Å²) in [5.41, 5.74) is 0.933. The van der Waals surface area contributed by atoms with E-state index in [1.165, 1.54) is 18.3 Å².